The summed E-state index contributed by atoms with van der Waals surface area (Å²) in [5.41, 5.74) is 0. The smallest absolute Gasteiger partial charge is 0.330 e. The second kappa shape index (κ2) is 18.7. The molecule has 160 valence electrons. The summed E-state index contributed by atoms with van der Waals surface area (Å²) in [7, 11) is 0. The van der Waals surface area contributed by atoms with Gasteiger partial charge in [-0.2, -0.15) is 0 Å². The Morgan fingerprint density at radius 3 is 1.29 bits per heavy atom. The third-order valence-electron chi connectivity index (χ3n) is 4.32. The predicted molar refractivity (Wildman–Crippen MR) is 108 cm³/mol. The molecule has 0 amide bonds. The van der Waals surface area contributed by atoms with E-state index in [1.807, 2.05) is 12.2 Å². The zero-order valence-electron chi connectivity index (χ0n) is 17.1. The van der Waals surface area contributed by atoms with Crippen molar-refractivity contribution in [1.29, 1.82) is 0 Å². The first-order valence-corrected chi connectivity index (χ1v) is 10.6. The summed E-state index contributed by atoms with van der Waals surface area (Å²) in [4.78, 5) is 23.1. The third-order valence-corrected chi connectivity index (χ3v) is 4.32. The SMILES string of the molecule is O=C1/C=C\CCCCCCCCCC/C=C\C(=O)OCCOCCOCCO1. The average molecular weight is 397 g/mol. The van der Waals surface area contributed by atoms with E-state index in [0.29, 0.717) is 26.4 Å². The summed E-state index contributed by atoms with van der Waals surface area (Å²) >= 11 is 0. The monoisotopic (exact) mass is 396 g/mol. The molecule has 0 radical (unpaired) electrons. The maximum absolute atomic E-state index is 11.5. The lowest BCUT2D eigenvalue weighted by Crippen LogP contribution is -2.14. The Kier molecular flexibility index (Phi) is 16.3. The summed E-state index contributed by atoms with van der Waals surface area (Å²) < 4.78 is 20.8. The standard InChI is InChI=1S/C22H36O6/c23-21-13-11-9-7-5-3-1-2-4-6-8-10-12-14-22(24)28-20-18-26-16-15-25-17-19-27-21/h11-14H,1-10,15-20H2/b13-11-,14-12-. The van der Waals surface area contributed by atoms with Crippen molar-refractivity contribution in [3.8, 4) is 0 Å². The van der Waals surface area contributed by atoms with Crippen molar-refractivity contribution in [3.63, 3.8) is 0 Å². The van der Waals surface area contributed by atoms with Gasteiger partial charge in [-0.1, -0.05) is 50.7 Å². The van der Waals surface area contributed by atoms with Crippen molar-refractivity contribution in [2.75, 3.05) is 39.6 Å². The molecule has 0 aliphatic carbocycles. The van der Waals surface area contributed by atoms with Crippen molar-refractivity contribution in [1.82, 2.24) is 0 Å². The van der Waals surface area contributed by atoms with Gasteiger partial charge < -0.3 is 18.9 Å². The average Bonchev–Trinajstić information content (AvgIpc) is 2.69. The zero-order chi connectivity index (χ0) is 20.1. The van der Waals surface area contributed by atoms with Gasteiger partial charge in [0.15, 0.2) is 0 Å². The van der Waals surface area contributed by atoms with E-state index in [-0.39, 0.29) is 25.2 Å². The van der Waals surface area contributed by atoms with E-state index in [4.69, 9.17) is 18.9 Å². The molecule has 0 fully saturated rings. The Bertz CT molecular complexity index is 416. The lowest BCUT2D eigenvalue weighted by molar-refractivity contribution is -0.141. The quantitative estimate of drug-likeness (QED) is 0.573. The van der Waals surface area contributed by atoms with E-state index in [1.54, 1.807) is 0 Å². The van der Waals surface area contributed by atoms with Crippen LogP contribution in [0.15, 0.2) is 24.3 Å². The van der Waals surface area contributed by atoms with E-state index in [9.17, 15) is 9.59 Å². The van der Waals surface area contributed by atoms with Crippen LogP contribution in [0, 0.1) is 0 Å². The van der Waals surface area contributed by atoms with E-state index in [0.717, 1.165) is 25.7 Å². The van der Waals surface area contributed by atoms with Crippen molar-refractivity contribution >= 4 is 11.9 Å². The van der Waals surface area contributed by atoms with Crippen LogP contribution in [0.2, 0.25) is 0 Å². The minimum absolute atomic E-state index is 0.229. The number of hydrogen-bond donors (Lipinski definition) is 0. The summed E-state index contributed by atoms with van der Waals surface area (Å²) in [6.07, 6.45) is 18.2. The van der Waals surface area contributed by atoms with Crippen LogP contribution in [0.1, 0.15) is 64.2 Å². The molecule has 6 nitrogen and oxygen atoms in total. The van der Waals surface area contributed by atoms with Gasteiger partial charge in [0, 0.05) is 12.2 Å². The number of carbonyl (C=O) groups is 2. The van der Waals surface area contributed by atoms with Gasteiger partial charge in [0.1, 0.15) is 13.2 Å². The van der Waals surface area contributed by atoms with Crippen molar-refractivity contribution in [3.05, 3.63) is 24.3 Å². The first-order valence-electron chi connectivity index (χ1n) is 10.6. The first kappa shape index (κ1) is 24.4. The normalized spacial score (nSPS) is 23.9. The van der Waals surface area contributed by atoms with Crippen LogP contribution in [-0.4, -0.2) is 51.6 Å². The molecular formula is C22H36O6. The molecule has 0 saturated carbocycles. The second-order valence-electron chi connectivity index (χ2n) is 6.77. The maximum atomic E-state index is 11.5. The molecule has 1 heterocycles. The van der Waals surface area contributed by atoms with Crippen LogP contribution >= 0.6 is 0 Å². The van der Waals surface area contributed by atoms with Crippen LogP contribution in [0.3, 0.4) is 0 Å². The molecule has 6 heteroatoms. The molecule has 1 rings (SSSR count). The second-order valence-corrected chi connectivity index (χ2v) is 6.77. The van der Waals surface area contributed by atoms with E-state index < -0.39 is 0 Å². The summed E-state index contributed by atoms with van der Waals surface area (Å²) in [5.74, 6) is -0.644. The number of cyclic esters (lactones) is 2. The molecule has 0 bridgehead atoms. The van der Waals surface area contributed by atoms with Crippen LogP contribution in [0.4, 0.5) is 0 Å². The van der Waals surface area contributed by atoms with Crippen molar-refractivity contribution in [2.45, 2.75) is 64.2 Å². The van der Waals surface area contributed by atoms with Gasteiger partial charge >= 0.3 is 11.9 Å². The molecule has 0 unspecified atom stereocenters. The fourth-order valence-corrected chi connectivity index (χ4v) is 2.76. The van der Waals surface area contributed by atoms with E-state index in [2.05, 4.69) is 0 Å². The molecule has 0 spiro atoms. The van der Waals surface area contributed by atoms with Gasteiger partial charge in [0.05, 0.1) is 26.4 Å². The summed E-state index contributed by atoms with van der Waals surface area (Å²) in [5, 5.41) is 0. The third kappa shape index (κ3) is 16.5. The van der Waals surface area contributed by atoms with Gasteiger partial charge in [0.2, 0.25) is 0 Å². The van der Waals surface area contributed by atoms with Gasteiger partial charge in [-0.25, -0.2) is 9.59 Å². The van der Waals surface area contributed by atoms with Gasteiger partial charge in [-0.05, 0) is 25.7 Å². The van der Waals surface area contributed by atoms with Crippen LogP contribution < -0.4 is 0 Å². The lowest BCUT2D eigenvalue weighted by atomic mass is 10.1. The number of ether oxygens (including phenoxy) is 4. The topological polar surface area (TPSA) is 71.1 Å². The van der Waals surface area contributed by atoms with Crippen LogP contribution in [-0.2, 0) is 28.5 Å². The fraction of sp³-hybridized carbons (Fsp3) is 0.727. The number of rotatable bonds is 0. The Morgan fingerprint density at radius 2 is 0.857 bits per heavy atom. The minimum atomic E-state index is -0.322. The Balaban J connectivity index is 2.22. The Labute approximate surface area is 169 Å². The van der Waals surface area contributed by atoms with E-state index in [1.165, 1.54) is 50.7 Å². The van der Waals surface area contributed by atoms with Gasteiger partial charge in [-0.3, -0.25) is 0 Å². The highest BCUT2D eigenvalue weighted by Crippen LogP contribution is 2.11. The van der Waals surface area contributed by atoms with Gasteiger partial charge in [-0.15, -0.1) is 0 Å². The maximum Gasteiger partial charge on any atom is 0.330 e. The minimum Gasteiger partial charge on any atom is -0.460 e. The van der Waals surface area contributed by atoms with Gasteiger partial charge in [0.25, 0.3) is 0 Å². The molecule has 0 atom stereocenters. The first-order chi connectivity index (χ1) is 13.8. The van der Waals surface area contributed by atoms with Crippen LogP contribution in [0.5, 0.6) is 0 Å². The Hall–Kier alpha value is -1.66. The predicted octanol–water partition coefficient (Wildman–Crippen LogP) is 4.13. The zero-order valence-corrected chi connectivity index (χ0v) is 17.1. The molecular weight excluding hydrogens is 360 g/mol. The fourth-order valence-electron chi connectivity index (χ4n) is 2.76. The number of hydrogen-bond acceptors (Lipinski definition) is 6. The molecule has 0 aromatic heterocycles. The van der Waals surface area contributed by atoms with Crippen molar-refractivity contribution in [2.24, 2.45) is 0 Å². The number of allylic oxidation sites excluding steroid dienone is 2. The molecule has 28 heavy (non-hydrogen) atoms. The molecule has 0 N–H and O–H groups in total. The van der Waals surface area contributed by atoms with E-state index >= 15 is 0 Å². The molecule has 0 saturated heterocycles. The Morgan fingerprint density at radius 1 is 0.500 bits per heavy atom. The highest BCUT2D eigenvalue weighted by Gasteiger charge is 1.99. The molecule has 1 aliphatic heterocycles. The lowest BCUT2D eigenvalue weighted by Gasteiger charge is -2.06. The molecule has 0 aromatic carbocycles. The molecule has 0 aromatic rings. The molecule has 1 aliphatic rings. The number of carbonyl (C=O) groups excluding carboxylic acids is 2. The van der Waals surface area contributed by atoms with Crippen LogP contribution in [0.25, 0.3) is 0 Å². The number of esters is 2. The van der Waals surface area contributed by atoms with Crippen molar-refractivity contribution < 1.29 is 28.5 Å². The highest BCUT2D eigenvalue weighted by atomic mass is 16.6. The largest absolute Gasteiger partial charge is 0.460 e. The summed E-state index contributed by atoms with van der Waals surface area (Å²) in [6, 6.07) is 0. The summed E-state index contributed by atoms with van der Waals surface area (Å²) in [6.45, 7) is 1.94. The highest BCUT2D eigenvalue weighted by molar-refractivity contribution is 5.82.